The Morgan fingerprint density at radius 3 is 1.16 bits per heavy atom. The van der Waals surface area contributed by atoms with Crippen LogP contribution in [0, 0.1) is 0 Å². The van der Waals surface area contributed by atoms with Crippen molar-refractivity contribution in [1.82, 2.24) is 0 Å². The standard InChI is InChI=1S/C66H104O12S/c1-3-5-7-9-11-13-15-17-19-21-23-25-27-29-40-48-61(67)72-53-59(77-62(68)49-41-30-28-26-24-22-20-18-16-14-12-10-8-6-4-2)54-76-66-65(75-52-58-46-38-33-39-47-58)64(74-51-57-44-36-32-37-45-57)63(60(78-66)55-79(69,70)71)73-50-56-42-34-31-35-43-56/h31-39,42-47,59-60,63-66H,3-30,40-41,48-55H2,1-2H3,(H,69,70,71)/t59?,60-,63-,64+,65+,66+/m1/s1. The molecule has 6 atom stereocenters. The number of esters is 2. The Morgan fingerprint density at radius 1 is 0.443 bits per heavy atom. The van der Waals surface area contributed by atoms with Crippen molar-refractivity contribution in [2.45, 2.75) is 276 Å². The quantitative estimate of drug-likeness (QED) is 0.0325. The van der Waals surface area contributed by atoms with Gasteiger partial charge in [0.05, 0.1) is 26.4 Å². The zero-order chi connectivity index (χ0) is 56.3. The van der Waals surface area contributed by atoms with E-state index in [0.717, 1.165) is 55.2 Å². The molecule has 0 spiro atoms. The Bertz CT molecular complexity index is 2040. The summed E-state index contributed by atoms with van der Waals surface area (Å²) in [5.74, 6) is -1.62. The van der Waals surface area contributed by atoms with Crippen LogP contribution in [0.3, 0.4) is 0 Å². The average Bonchev–Trinajstić information content (AvgIpc) is 3.48. The van der Waals surface area contributed by atoms with E-state index >= 15 is 0 Å². The molecule has 13 heteroatoms. The van der Waals surface area contributed by atoms with E-state index in [-0.39, 0.29) is 51.8 Å². The predicted octanol–water partition coefficient (Wildman–Crippen LogP) is 16.3. The van der Waals surface area contributed by atoms with Gasteiger partial charge in [-0.3, -0.25) is 14.1 Å². The smallest absolute Gasteiger partial charge is 0.306 e. The van der Waals surface area contributed by atoms with Crippen molar-refractivity contribution in [3.8, 4) is 0 Å². The fraction of sp³-hybridized carbons (Fsp3) is 0.697. The molecule has 446 valence electrons. The van der Waals surface area contributed by atoms with Crippen molar-refractivity contribution in [1.29, 1.82) is 0 Å². The van der Waals surface area contributed by atoms with E-state index in [9.17, 15) is 22.6 Å². The highest BCUT2D eigenvalue weighted by atomic mass is 32.2. The fourth-order valence-electron chi connectivity index (χ4n) is 10.3. The molecular weight excluding hydrogens is 1020 g/mol. The third kappa shape index (κ3) is 33.1. The van der Waals surface area contributed by atoms with E-state index in [2.05, 4.69) is 13.8 Å². The Kier molecular flexibility index (Phi) is 37.7. The van der Waals surface area contributed by atoms with Crippen molar-refractivity contribution >= 4 is 22.1 Å². The zero-order valence-electron chi connectivity index (χ0n) is 48.8. The average molecular weight is 1120 g/mol. The summed E-state index contributed by atoms with van der Waals surface area (Å²) in [6, 6.07) is 28.6. The second-order valence-electron chi connectivity index (χ2n) is 22.1. The Morgan fingerprint density at radius 2 is 0.785 bits per heavy atom. The van der Waals surface area contributed by atoms with E-state index in [0.29, 0.717) is 12.8 Å². The van der Waals surface area contributed by atoms with Gasteiger partial charge in [-0.2, -0.15) is 8.42 Å². The maximum atomic E-state index is 13.5. The highest BCUT2D eigenvalue weighted by Gasteiger charge is 2.50. The van der Waals surface area contributed by atoms with E-state index in [4.69, 9.17) is 33.2 Å². The van der Waals surface area contributed by atoms with Crippen LogP contribution in [0.1, 0.15) is 236 Å². The molecular formula is C66H104O12S. The Labute approximate surface area is 478 Å². The summed E-state index contributed by atoms with van der Waals surface area (Å²) in [6.45, 7) is 4.32. The molecule has 4 rings (SSSR count). The molecule has 1 N–H and O–H groups in total. The normalized spacial score (nSPS) is 17.9. The summed E-state index contributed by atoms with van der Waals surface area (Å²) in [5, 5.41) is 0. The number of hydrogen-bond acceptors (Lipinski definition) is 11. The minimum absolute atomic E-state index is 0.0844. The monoisotopic (exact) mass is 1120 g/mol. The molecule has 1 fully saturated rings. The lowest BCUT2D eigenvalue weighted by Crippen LogP contribution is -2.62. The lowest BCUT2D eigenvalue weighted by Gasteiger charge is -2.45. The molecule has 1 saturated heterocycles. The van der Waals surface area contributed by atoms with E-state index in [1.54, 1.807) is 0 Å². The van der Waals surface area contributed by atoms with Crippen molar-refractivity contribution in [2.24, 2.45) is 0 Å². The number of rotatable bonds is 49. The van der Waals surface area contributed by atoms with Crippen molar-refractivity contribution in [3.63, 3.8) is 0 Å². The summed E-state index contributed by atoms with van der Waals surface area (Å²) < 4.78 is 80.4. The lowest BCUT2D eigenvalue weighted by atomic mass is 9.98. The number of benzene rings is 3. The van der Waals surface area contributed by atoms with Gasteiger partial charge in [-0.15, -0.1) is 0 Å². The molecule has 0 saturated carbocycles. The number of ether oxygens (including phenoxy) is 7. The molecule has 1 heterocycles. The first kappa shape index (κ1) is 67.8. The van der Waals surface area contributed by atoms with Crippen LogP contribution in [0.2, 0.25) is 0 Å². The van der Waals surface area contributed by atoms with Crippen molar-refractivity contribution in [2.75, 3.05) is 19.0 Å². The molecule has 3 aromatic carbocycles. The number of unbranched alkanes of at least 4 members (excludes halogenated alkanes) is 28. The van der Waals surface area contributed by atoms with Crippen LogP contribution in [-0.4, -0.2) is 80.7 Å². The Hall–Kier alpha value is -3.69. The summed E-state index contributed by atoms with van der Waals surface area (Å²) >= 11 is 0. The number of carbonyl (C=O) groups is 2. The van der Waals surface area contributed by atoms with Gasteiger partial charge >= 0.3 is 11.9 Å². The van der Waals surface area contributed by atoms with Gasteiger partial charge < -0.3 is 33.2 Å². The zero-order valence-corrected chi connectivity index (χ0v) is 49.7. The first-order valence-electron chi connectivity index (χ1n) is 31.2. The first-order chi connectivity index (χ1) is 38.6. The van der Waals surface area contributed by atoms with Crippen molar-refractivity contribution < 1.29 is 55.7 Å². The third-order valence-electron chi connectivity index (χ3n) is 15.0. The van der Waals surface area contributed by atoms with Crippen LogP contribution in [0.15, 0.2) is 91.0 Å². The molecule has 0 bridgehead atoms. The third-order valence-corrected chi connectivity index (χ3v) is 15.7. The lowest BCUT2D eigenvalue weighted by molar-refractivity contribution is -0.322. The summed E-state index contributed by atoms with van der Waals surface area (Å²) in [7, 11) is -4.62. The number of carbonyl (C=O) groups excluding carboxylic acids is 2. The van der Waals surface area contributed by atoms with Crippen LogP contribution in [-0.2, 0) is 72.7 Å². The van der Waals surface area contributed by atoms with Crippen molar-refractivity contribution in [3.05, 3.63) is 108 Å². The SMILES string of the molecule is CCCCCCCCCCCCCCCCCC(=O)OCC(CO[C@H]1O[C@H](CS(=O)(=O)O)[C@@H](OCc2ccccc2)[C@H](OCc2ccccc2)[C@@H]1OCc1ccccc1)OC(=O)CCCCCCCCCCCCCCCCC. The molecule has 0 amide bonds. The van der Waals surface area contributed by atoms with Gasteiger partial charge in [0.1, 0.15) is 36.8 Å². The number of hydrogen-bond donors (Lipinski definition) is 1. The molecule has 1 unspecified atom stereocenters. The van der Waals surface area contributed by atoms with Gasteiger partial charge in [0.25, 0.3) is 10.1 Å². The summed E-state index contributed by atoms with van der Waals surface area (Å²) in [6.07, 6.45) is 30.4. The van der Waals surface area contributed by atoms with Crippen LogP contribution in [0.5, 0.6) is 0 Å². The second kappa shape index (κ2) is 44.0. The predicted molar refractivity (Wildman–Crippen MR) is 316 cm³/mol. The van der Waals surface area contributed by atoms with Crippen LogP contribution >= 0.6 is 0 Å². The molecule has 3 aromatic rings. The molecule has 0 aromatic heterocycles. The van der Waals surface area contributed by atoms with E-state index < -0.39 is 58.7 Å². The van der Waals surface area contributed by atoms with Crippen LogP contribution in [0.25, 0.3) is 0 Å². The van der Waals surface area contributed by atoms with Gasteiger partial charge in [0.2, 0.25) is 0 Å². The van der Waals surface area contributed by atoms with Gasteiger partial charge in [0.15, 0.2) is 12.4 Å². The van der Waals surface area contributed by atoms with E-state index in [1.165, 1.54) is 141 Å². The van der Waals surface area contributed by atoms with Gasteiger partial charge in [0, 0.05) is 12.8 Å². The molecule has 79 heavy (non-hydrogen) atoms. The highest BCUT2D eigenvalue weighted by molar-refractivity contribution is 7.85. The fourth-order valence-corrected chi connectivity index (χ4v) is 11.0. The van der Waals surface area contributed by atoms with Crippen LogP contribution in [0.4, 0.5) is 0 Å². The maximum Gasteiger partial charge on any atom is 0.306 e. The van der Waals surface area contributed by atoms with Gasteiger partial charge in [-0.05, 0) is 29.5 Å². The highest BCUT2D eigenvalue weighted by Crippen LogP contribution is 2.32. The molecule has 1 aliphatic rings. The largest absolute Gasteiger partial charge is 0.462 e. The topological polar surface area (TPSA) is 153 Å². The summed E-state index contributed by atoms with van der Waals surface area (Å²) in [5.41, 5.74) is 2.54. The van der Waals surface area contributed by atoms with Gasteiger partial charge in [-0.25, -0.2) is 0 Å². The van der Waals surface area contributed by atoms with Gasteiger partial charge in [-0.1, -0.05) is 285 Å². The molecule has 0 aliphatic carbocycles. The first-order valence-corrected chi connectivity index (χ1v) is 32.8. The summed E-state index contributed by atoms with van der Waals surface area (Å²) in [4.78, 5) is 26.8. The van der Waals surface area contributed by atoms with E-state index in [1.807, 2.05) is 91.0 Å². The molecule has 1 aliphatic heterocycles. The molecule has 0 radical (unpaired) electrons. The Balaban J connectivity index is 1.39. The van der Waals surface area contributed by atoms with Crippen LogP contribution < -0.4 is 0 Å². The molecule has 12 nitrogen and oxygen atoms in total. The second-order valence-corrected chi connectivity index (χ2v) is 23.6. The minimum Gasteiger partial charge on any atom is -0.462 e. The maximum absolute atomic E-state index is 13.5. The minimum atomic E-state index is -4.62.